The number of carboxylic acid groups (broad SMARTS) is 1. The zero-order valence-electron chi connectivity index (χ0n) is 15.1. The largest absolute Gasteiger partial charge is 0.506 e. The Bertz CT molecular complexity index is 1200. The maximum atomic E-state index is 13.0. The molecule has 2 aromatic carbocycles. The van der Waals surface area contributed by atoms with Crippen LogP contribution in [0.5, 0.6) is 5.75 Å². The molecule has 0 unspecified atom stereocenters. The number of benzene rings is 2. The minimum Gasteiger partial charge on any atom is -0.506 e. The Balaban J connectivity index is 2.17. The summed E-state index contributed by atoms with van der Waals surface area (Å²) in [5.74, 6) is -3.44. The number of hydrogen-bond acceptors (Lipinski definition) is 5. The van der Waals surface area contributed by atoms with Gasteiger partial charge >= 0.3 is 5.97 Å². The van der Waals surface area contributed by atoms with Gasteiger partial charge in [-0.05, 0) is 29.8 Å². The number of amides is 2. The molecule has 0 radical (unpaired) electrons. The summed E-state index contributed by atoms with van der Waals surface area (Å²) in [7, 11) is 0. The van der Waals surface area contributed by atoms with Gasteiger partial charge in [0.15, 0.2) is 0 Å². The first-order chi connectivity index (χ1) is 13.8. The predicted molar refractivity (Wildman–Crippen MR) is 104 cm³/mol. The van der Waals surface area contributed by atoms with Crippen LogP contribution in [0, 0.1) is 0 Å². The van der Waals surface area contributed by atoms with Gasteiger partial charge in [-0.15, -0.1) is 0 Å². The van der Waals surface area contributed by atoms with Crippen molar-refractivity contribution in [1.82, 2.24) is 9.88 Å². The average molecular weight is 395 g/mol. The van der Waals surface area contributed by atoms with Crippen molar-refractivity contribution >= 4 is 28.7 Å². The minimum absolute atomic E-state index is 0.0000424. The maximum Gasteiger partial charge on any atom is 0.322 e. The lowest BCUT2D eigenvalue weighted by Crippen LogP contribution is -2.36. The Morgan fingerprint density at radius 2 is 1.79 bits per heavy atom. The molecule has 3 rings (SSSR count). The molecule has 29 heavy (non-hydrogen) atoms. The molecule has 1 aromatic heterocycles. The lowest BCUT2D eigenvalue weighted by molar-refractivity contribution is -0.135. The van der Waals surface area contributed by atoms with Crippen LogP contribution in [0.3, 0.4) is 0 Å². The molecule has 0 aliphatic rings. The van der Waals surface area contributed by atoms with Crippen molar-refractivity contribution in [3.8, 4) is 5.75 Å². The number of nitrogens with one attached hydrogen (secondary N) is 1. The second-order valence-electron chi connectivity index (χ2n) is 6.27. The van der Waals surface area contributed by atoms with Crippen molar-refractivity contribution in [2.45, 2.75) is 6.54 Å². The zero-order chi connectivity index (χ0) is 21.1. The minimum atomic E-state index is -1.29. The summed E-state index contributed by atoms with van der Waals surface area (Å²) in [5, 5.41) is 21.6. The fourth-order valence-electron chi connectivity index (χ4n) is 3.00. The average Bonchev–Trinajstić information content (AvgIpc) is 2.70. The number of rotatable bonds is 6. The van der Waals surface area contributed by atoms with E-state index in [4.69, 9.17) is 10.8 Å². The monoisotopic (exact) mass is 395 g/mol. The molecule has 9 heteroatoms. The number of aromatic hydroxyl groups is 1. The molecule has 5 N–H and O–H groups in total. The number of nitrogens with two attached hydrogens (primary N) is 1. The van der Waals surface area contributed by atoms with E-state index in [-0.39, 0.29) is 17.5 Å². The SMILES string of the molecule is NC(=O)c1cccc(Cn2c(=O)c(C(=O)NCC(=O)O)c(O)c3ccccc32)c1. The summed E-state index contributed by atoms with van der Waals surface area (Å²) in [4.78, 5) is 47.5. The molecule has 0 saturated carbocycles. The molecule has 1 heterocycles. The van der Waals surface area contributed by atoms with E-state index < -0.39 is 41.2 Å². The first-order valence-corrected chi connectivity index (χ1v) is 8.53. The Labute approximate surface area is 164 Å². The van der Waals surface area contributed by atoms with Crippen LogP contribution < -0.4 is 16.6 Å². The summed E-state index contributed by atoms with van der Waals surface area (Å²) in [6, 6.07) is 12.8. The lowest BCUT2D eigenvalue weighted by atomic mass is 10.1. The summed E-state index contributed by atoms with van der Waals surface area (Å²) < 4.78 is 1.27. The number of pyridine rings is 1. The summed E-state index contributed by atoms with van der Waals surface area (Å²) >= 11 is 0. The van der Waals surface area contributed by atoms with Crippen LogP contribution in [-0.2, 0) is 11.3 Å². The van der Waals surface area contributed by atoms with E-state index >= 15 is 0 Å². The third-order valence-corrected chi connectivity index (χ3v) is 4.33. The highest BCUT2D eigenvalue weighted by Crippen LogP contribution is 2.26. The Hall–Kier alpha value is -4.14. The second-order valence-corrected chi connectivity index (χ2v) is 6.27. The Morgan fingerprint density at radius 3 is 2.48 bits per heavy atom. The molecule has 2 amide bonds. The lowest BCUT2D eigenvalue weighted by Gasteiger charge is -2.15. The van der Waals surface area contributed by atoms with Crippen LogP contribution in [0.4, 0.5) is 0 Å². The number of fused-ring (bicyclic) bond motifs is 1. The van der Waals surface area contributed by atoms with Gasteiger partial charge in [-0.3, -0.25) is 19.2 Å². The molecule has 0 spiro atoms. The van der Waals surface area contributed by atoms with Crippen molar-refractivity contribution in [1.29, 1.82) is 0 Å². The number of para-hydroxylation sites is 1. The Morgan fingerprint density at radius 1 is 1.07 bits per heavy atom. The highest BCUT2D eigenvalue weighted by atomic mass is 16.4. The smallest absolute Gasteiger partial charge is 0.322 e. The van der Waals surface area contributed by atoms with Crippen LogP contribution in [0.25, 0.3) is 10.9 Å². The van der Waals surface area contributed by atoms with Crippen molar-refractivity contribution in [3.63, 3.8) is 0 Å². The van der Waals surface area contributed by atoms with Gasteiger partial charge in [0.1, 0.15) is 17.9 Å². The third-order valence-electron chi connectivity index (χ3n) is 4.33. The molecular formula is C20H17N3O6. The van der Waals surface area contributed by atoms with Crippen molar-refractivity contribution in [2.24, 2.45) is 5.73 Å². The molecule has 0 aliphatic heterocycles. The van der Waals surface area contributed by atoms with E-state index in [1.165, 1.54) is 22.8 Å². The molecule has 9 nitrogen and oxygen atoms in total. The highest BCUT2D eigenvalue weighted by Gasteiger charge is 2.22. The first-order valence-electron chi connectivity index (χ1n) is 8.53. The fraction of sp³-hybridized carbons (Fsp3) is 0.100. The number of carboxylic acids is 1. The number of aromatic nitrogens is 1. The number of primary amides is 1. The number of carbonyl (C=O) groups is 3. The predicted octanol–water partition coefficient (Wildman–Crippen LogP) is 0.669. The van der Waals surface area contributed by atoms with E-state index in [0.717, 1.165) is 0 Å². The quantitative estimate of drug-likeness (QED) is 0.481. The van der Waals surface area contributed by atoms with E-state index in [2.05, 4.69) is 5.32 Å². The zero-order valence-corrected chi connectivity index (χ0v) is 15.1. The van der Waals surface area contributed by atoms with Crippen molar-refractivity contribution in [2.75, 3.05) is 6.54 Å². The van der Waals surface area contributed by atoms with Gasteiger partial charge in [0.2, 0.25) is 5.91 Å². The normalized spacial score (nSPS) is 10.6. The topological polar surface area (TPSA) is 152 Å². The van der Waals surface area contributed by atoms with Gasteiger partial charge in [-0.25, -0.2) is 0 Å². The van der Waals surface area contributed by atoms with Gasteiger partial charge < -0.3 is 25.8 Å². The van der Waals surface area contributed by atoms with Gasteiger partial charge in [0.05, 0.1) is 12.1 Å². The summed E-state index contributed by atoms with van der Waals surface area (Å²) in [5.41, 5.74) is 5.15. The molecule has 0 bridgehead atoms. The molecule has 0 fully saturated rings. The van der Waals surface area contributed by atoms with Crippen LogP contribution >= 0.6 is 0 Å². The number of carbonyl (C=O) groups excluding carboxylic acids is 2. The van der Waals surface area contributed by atoms with Gasteiger partial charge in [0.25, 0.3) is 11.5 Å². The van der Waals surface area contributed by atoms with Crippen molar-refractivity contribution < 1.29 is 24.6 Å². The van der Waals surface area contributed by atoms with Crippen LogP contribution in [0.15, 0.2) is 53.3 Å². The van der Waals surface area contributed by atoms with E-state index in [1.807, 2.05) is 0 Å². The van der Waals surface area contributed by atoms with Gasteiger partial charge in [-0.1, -0.05) is 24.3 Å². The Kier molecular flexibility index (Phi) is 5.31. The molecular weight excluding hydrogens is 378 g/mol. The molecule has 148 valence electrons. The summed E-state index contributed by atoms with van der Waals surface area (Å²) in [6.07, 6.45) is 0. The van der Waals surface area contributed by atoms with Gasteiger partial charge in [-0.2, -0.15) is 0 Å². The molecule has 0 saturated heterocycles. The van der Waals surface area contributed by atoms with Crippen LogP contribution in [0.2, 0.25) is 0 Å². The standard InChI is InChI=1S/C20H17N3O6/c21-18(27)12-5-3-4-11(8-12)10-23-14-7-2-1-6-13(14)17(26)16(20(23)29)19(28)22-9-15(24)25/h1-8,26H,9-10H2,(H2,21,27)(H,22,28)(H,24,25). The molecule has 0 aliphatic carbocycles. The van der Waals surface area contributed by atoms with Crippen LogP contribution in [-0.4, -0.2) is 39.1 Å². The molecule has 0 atom stereocenters. The fourth-order valence-corrected chi connectivity index (χ4v) is 3.00. The van der Waals surface area contributed by atoms with Crippen LogP contribution in [0.1, 0.15) is 26.3 Å². The van der Waals surface area contributed by atoms with E-state index in [1.54, 1.807) is 30.3 Å². The van der Waals surface area contributed by atoms with E-state index in [0.29, 0.717) is 11.1 Å². The first kappa shape index (κ1) is 19.6. The van der Waals surface area contributed by atoms with Gasteiger partial charge in [0, 0.05) is 10.9 Å². The third kappa shape index (κ3) is 3.93. The molecule has 3 aromatic rings. The van der Waals surface area contributed by atoms with Crippen molar-refractivity contribution in [3.05, 3.63) is 75.6 Å². The van der Waals surface area contributed by atoms with E-state index in [9.17, 15) is 24.3 Å². The number of aliphatic carboxylic acids is 1. The maximum absolute atomic E-state index is 13.0. The summed E-state index contributed by atoms with van der Waals surface area (Å²) in [6.45, 7) is -0.703. The second kappa shape index (κ2) is 7.85. The number of hydrogen-bond donors (Lipinski definition) is 4. The highest BCUT2D eigenvalue weighted by molar-refractivity contribution is 6.03. The number of nitrogens with zero attached hydrogens (tertiary/aromatic N) is 1.